The van der Waals surface area contributed by atoms with Crippen LogP contribution in [0, 0.1) is 0 Å². The molecule has 0 unspecified atom stereocenters. The molecule has 0 fully saturated rings. The van der Waals surface area contributed by atoms with E-state index in [1.54, 1.807) is 0 Å². The van der Waals surface area contributed by atoms with E-state index in [1.165, 1.54) is 0 Å². The van der Waals surface area contributed by atoms with Gasteiger partial charge in [0.15, 0.2) is 0 Å². The molecule has 0 atom stereocenters. The molecular formula is C4H4Cl3CrO4. The second kappa shape index (κ2) is 17.2. The van der Waals surface area contributed by atoms with Gasteiger partial charge in [-0.3, -0.25) is 0 Å². The van der Waals surface area contributed by atoms with Crippen LogP contribution in [0.2, 0.25) is 0 Å². The van der Waals surface area contributed by atoms with Gasteiger partial charge < -0.3 is 47.4 Å². The molecule has 4 nitrogen and oxygen atoms in total. The van der Waals surface area contributed by atoms with Gasteiger partial charge in [-0.05, 0) is 0 Å². The molecule has 1 radical (unpaired) electrons. The SMILES string of the molecule is O=C(O)/C=C\C(=O)O.[Cl-].[Cl-].[Cl-].[Cr+3]. The van der Waals surface area contributed by atoms with E-state index < -0.39 is 11.9 Å². The Labute approximate surface area is 98.4 Å². The minimum absolute atomic E-state index is 0. The Morgan fingerprint density at radius 3 is 1.08 bits per heavy atom. The van der Waals surface area contributed by atoms with E-state index in [1.807, 2.05) is 0 Å². The summed E-state index contributed by atoms with van der Waals surface area (Å²) in [5, 5.41) is 15.6. The van der Waals surface area contributed by atoms with Crippen molar-refractivity contribution in [3.05, 3.63) is 12.2 Å². The van der Waals surface area contributed by atoms with Crippen molar-refractivity contribution in [3.8, 4) is 0 Å². The van der Waals surface area contributed by atoms with Crippen LogP contribution >= 0.6 is 0 Å². The van der Waals surface area contributed by atoms with Crippen molar-refractivity contribution in [1.82, 2.24) is 0 Å². The summed E-state index contributed by atoms with van der Waals surface area (Å²) in [6.45, 7) is 0. The van der Waals surface area contributed by atoms with Gasteiger partial charge in [-0.25, -0.2) is 9.59 Å². The second-order valence-electron chi connectivity index (χ2n) is 1.01. The molecule has 71 valence electrons. The number of carboxylic acids is 2. The van der Waals surface area contributed by atoms with Gasteiger partial charge in [-0.2, -0.15) is 0 Å². The van der Waals surface area contributed by atoms with E-state index in [0.29, 0.717) is 12.2 Å². The predicted octanol–water partition coefficient (Wildman–Crippen LogP) is -9.28. The van der Waals surface area contributed by atoms with E-state index in [-0.39, 0.29) is 54.6 Å². The number of hydrogen-bond donors (Lipinski definition) is 2. The number of rotatable bonds is 2. The van der Waals surface area contributed by atoms with Crippen LogP contribution in [0.15, 0.2) is 12.2 Å². The summed E-state index contributed by atoms with van der Waals surface area (Å²) in [5.41, 5.74) is 0. The maximum atomic E-state index is 9.55. The van der Waals surface area contributed by atoms with Gasteiger partial charge in [-0.1, -0.05) is 0 Å². The van der Waals surface area contributed by atoms with Gasteiger partial charge in [0.1, 0.15) is 0 Å². The molecule has 0 amide bonds. The third-order valence-corrected chi connectivity index (χ3v) is 0.368. The molecule has 0 spiro atoms. The molecule has 2 N–H and O–H groups in total. The molecule has 0 aliphatic heterocycles. The Morgan fingerprint density at radius 2 is 1.00 bits per heavy atom. The molecule has 0 saturated heterocycles. The van der Waals surface area contributed by atoms with E-state index in [9.17, 15) is 9.59 Å². The fourth-order valence-electron chi connectivity index (χ4n) is 0.143. The van der Waals surface area contributed by atoms with Gasteiger partial charge in [-0.15, -0.1) is 0 Å². The van der Waals surface area contributed by atoms with Crippen LogP contribution in [0.3, 0.4) is 0 Å². The first-order valence-corrected chi connectivity index (χ1v) is 1.77. The Balaban J connectivity index is -0.0000000408. The third-order valence-electron chi connectivity index (χ3n) is 0.368. The first-order valence-electron chi connectivity index (χ1n) is 1.77. The van der Waals surface area contributed by atoms with Gasteiger partial charge in [0.2, 0.25) is 0 Å². The normalized spacial score (nSPS) is 6.33. The van der Waals surface area contributed by atoms with Crippen molar-refractivity contribution in [2.45, 2.75) is 0 Å². The topological polar surface area (TPSA) is 74.6 Å². The number of halogens is 3. The zero-order valence-electron chi connectivity index (χ0n) is 5.41. The van der Waals surface area contributed by atoms with Crippen molar-refractivity contribution < 1.29 is 74.4 Å². The smallest absolute Gasteiger partial charge is 1.00 e. The summed E-state index contributed by atoms with van der Waals surface area (Å²) in [4.78, 5) is 19.1. The Hall–Kier alpha value is 0.0825. The average molecular weight is 274 g/mol. The molecule has 0 aliphatic rings. The predicted molar refractivity (Wildman–Crippen MR) is 24.4 cm³/mol. The number of hydrogen-bond acceptors (Lipinski definition) is 2. The average Bonchev–Trinajstić information content (AvgIpc) is 1.61. The standard InChI is InChI=1S/C4H4O4.3ClH.Cr/c5-3(6)1-2-4(7)8;;;;/h1-2H,(H,5,6)(H,7,8);3*1H;/q;;;;+3/p-3/b2-1-;;;;. The molecule has 0 aliphatic carbocycles. The zero-order chi connectivity index (χ0) is 6.57. The van der Waals surface area contributed by atoms with Gasteiger partial charge >= 0.3 is 29.3 Å². The molecular weight excluding hydrogens is 270 g/mol. The van der Waals surface area contributed by atoms with Crippen molar-refractivity contribution in [2.75, 3.05) is 0 Å². The van der Waals surface area contributed by atoms with E-state index in [2.05, 4.69) is 0 Å². The third kappa shape index (κ3) is 32.2. The number of carbonyl (C=O) groups is 2. The largest absolute Gasteiger partial charge is 3.00 e. The summed E-state index contributed by atoms with van der Waals surface area (Å²) >= 11 is 0. The summed E-state index contributed by atoms with van der Waals surface area (Å²) in [5.74, 6) is -2.51. The maximum absolute atomic E-state index is 9.55. The van der Waals surface area contributed by atoms with Crippen LogP contribution in [0.5, 0.6) is 0 Å². The van der Waals surface area contributed by atoms with E-state index in [0.717, 1.165) is 0 Å². The molecule has 0 aromatic carbocycles. The zero-order valence-corrected chi connectivity index (χ0v) is 8.95. The van der Waals surface area contributed by atoms with Crippen LogP contribution in [0.1, 0.15) is 0 Å². The van der Waals surface area contributed by atoms with Gasteiger partial charge in [0.25, 0.3) is 0 Å². The quantitative estimate of drug-likeness (QED) is 0.491. The molecule has 12 heavy (non-hydrogen) atoms. The van der Waals surface area contributed by atoms with Crippen molar-refractivity contribution in [1.29, 1.82) is 0 Å². The molecule has 0 rings (SSSR count). The summed E-state index contributed by atoms with van der Waals surface area (Å²) in [6.07, 6.45) is 1.12. The van der Waals surface area contributed by atoms with Gasteiger partial charge in [0.05, 0.1) is 0 Å². The number of aliphatic carboxylic acids is 2. The molecule has 8 heteroatoms. The van der Waals surface area contributed by atoms with Crippen molar-refractivity contribution in [2.24, 2.45) is 0 Å². The van der Waals surface area contributed by atoms with E-state index >= 15 is 0 Å². The summed E-state index contributed by atoms with van der Waals surface area (Å²) < 4.78 is 0. The monoisotopic (exact) mass is 273 g/mol. The van der Waals surface area contributed by atoms with Crippen molar-refractivity contribution >= 4 is 11.9 Å². The summed E-state index contributed by atoms with van der Waals surface area (Å²) in [7, 11) is 0. The van der Waals surface area contributed by atoms with Crippen LogP contribution in [0.4, 0.5) is 0 Å². The molecule has 0 bridgehead atoms. The second-order valence-corrected chi connectivity index (χ2v) is 1.01. The van der Waals surface area contributed by atoms with Crippen LogP contribution < -0.4 is 37.2 Å². The molecule has 0 aromatic heterocycles. The Bertz CT molecular complexity index is 133. The van der Waals surface area contributed by atoms with Crippen LogP contribution in [-0.2, 0) is 27.0 Å². The minimum Gasteiger partial charge on any atom is -1.00 e. The maximum Gasteiger partial charge on any atom is 3.00 e. The van der Waals surface area contributed by atoms with Crippen LogP contribution in [-0.4, -0.2) is 22.2 Å². The Morgan fingerprint density at radius 1 is 0.833 bits per heavy atom. The summed E-state index contributed by atoms with van der Waals surface area (Å²) in [6, 6.07) is 0. The Kier molecular flexibility index (Phi) is 42.5. The first-order chi connectivity index (χ1) is 3.63. The molecule has 0 saturated carbocycles. The fraction of sp³-hybridized carbons (Fsp3) is 0. The number of carboxylic acid groups (broad SMARTS) is 2. The van der Waals surface area contributed by atoms with Crippen LogP contribution in [0.25, 0.3) is 0 Å². The van der Waals surface area contributed by atoms with Gasteiger partial charge in [0, 0.05) is 12.2 Å². The molecule has 0 heterocycles. The van der Waals surface area contributed by atoms with Crippen molar-refractivity contribution in [3.63, 3.8) is 0 Å². The minimum atomic E-state index is -1.26. The fourth-order valence-corrected chi connectivity index (χ4v) is 0.143. The molecule has 0 aromatic rings. The first kappa shape index (κ1) is 29.6. The van der Waals surface area contributed by atoms with E-state index in [4.69, 9.17) is 10.2 Å².